The quantitative estimate of drug-likeness (QED) is 0.772. The van der Waals surface area contributed by atoms with E-state index in [0.29, 0.717) is 6.04 Å². The highest BCUT2D eigenvalue weighted by Gasteiger charge is 2.25. The van der Waals surface area contributed by atoms with Crippen LogP contribution >= 0.6 is 0 Å². The first-order valence-electron chi connectivity index (χ1n) is 8.43. The molecule has 20 heavy (non-hydrogen) atoms. The van der Waals surface area contributed by atoms with E-state index in [9.17, 15) is 5.26 Å². The van der Waals surface area contributed by atoms with Crippen molar-refractivity contribution >= 4 is 0 Å². The average molecular weight is 279 g/mol. The number of nitrogens with one attached hydrogen (secondary N) is 1. The van der Waals surface area contributed by atoms with E-state index in [2.05, 4.69) is 37.1 Å². The van der Waals surface area contributed by atoms with Crippen LogP contribution < -0.4 is 5.32 Å². The Morgan fingerprint density at radius 3 is 2.70 bits per heavy atom. The van der Waals surface area contributed by atoms with Crippen molar-refractivity contribution in [2.24, 2.45) is 0 Å². The molecule has 0 amide bonds. The molecule has 0 aromatic carbocycles. The average Bonchev–Trinajstić information content (AvgIpc) is 2.63. The molecule has 116 valence electrons. The normalized spacial score (nSPS) is 24.1. The van der Waals surface area contributed by atoms with E-state index in [-0.39, 0.29) is 5.54 Å². The first kappa shape index (κ1) is 17.5. The highest BCUT2D eigenvalue weighted by atomic mass is 15.2. The second-order valence-corrected chi connectivity index (χ2v) is 6.79. The molecule has 3 heteroatoms. The molecule has 1 rings (SSSR count). The van der Waals surface area contributed by atoms with Crippen molar-refractivity contribution in [2.45, 2.75) is 90.3 Å². The Bertz CT molecular complexity index is 308. The van der Waals surface area contributed by atoms with Gasteiger partial charge in [-0.25, -0.2) is 0 Å². The zero-order chi connectivity index (χ0) is 15.0. The fraction of sp³-hybridized carbons (Fsp3) is 0.941. The summed E-state index contributed by atoms with van der Waals surface area (Å²) < 4.78 is 0. The lowest BCUT2D eigenvalue weighted by molar-refractivity contribution is 0.185. The van der Waals surface area contributed by atoms with E-state index in [1.807, 2.05) is 6.92 Å². The van der Waals surface area contributed by atoms with Crippen LogP contribution in [0.2, 0.25) is 0 Å². The molecule has 0 aromatic heterocycles. The van der Waals surface area contributed by atoms with E-state index < -0.39 is 0 Å². The third-order valence-corrected chi connectivity index (χ3v) is 4.45. The summed E-state index contributed by atoms with van der Waals surface area (Å²) in [6.45, 7) is 11.0. The zero-order valence-electron chi connectivity index (χ0n) is 13.9. The number of hydrogen-bond donors (Lipinski definition) is 1. The number of nitrogens with zero attached hydrogens (tertiary/aromatic N) is 2. The first-order chi connectivity index (χ1) is 9.50. The van der Waals surface area contributed by atoms with Gasteiger partial charge in [0.2, 0.25) is 0 Å². The second kappa shape index (κ2) is 8.64. The fourth-order valence-corrected chi connectivity index (χ4v) is 3.43. The topological polar surface area (TPSA) is 39.1 Å². The Balaban J connectivity index is 2.42. The van der Waals surface area contributed by atoms with Gasteiger partial charge in [0.05, 0.1) is 6.07 Å². The van der Waals surface area contributed by atoms with Crippen molar-refractivity contribution in [2.75, 3.05) is 13.1 Å². The zero-order valence-corrected chi connectivity index (χ0v) is 13.9. The summed E-state index contributed by atoms with van der Waals surface area (Å²) in [6, 6.07) is 3.59. The van der Waals surface area contributed by atoms with Crippen LogP contribution in [-0.4, -0.2) is 35.6 Å². The molecular weight excluding hydrogens is 246 g/mol. The minimum Gasteiger partial charge on any atom is -0.300 e. The summed E-state index contributed by atoms with van der Waals surface area (Å²) >= 11 is 0. The largest absolute Gasteiger partial charge is 0.300 e. The molecule has 1 saturated heterocycles. The SMILES string of the molecule is CCC1CCCCCN1CCCC(C)(C#N)NC(C)C. The molecule has 1 fully saturated rings. The molecule has 1 aliphatic heterocycles. The molecule has 2 unspecified atom stereocenters. The lowest BCUT2D eigenvalue weighted by Crippen LogP contribution is -2.45. The summed E-state index contributed by atoms with van der Waals surface area (Å²) in [6.07, 6.45) is 8.79. The molecule has 3 nitrogen and oxygen atoms in total. The van der Waals surface area contributed by atoms with Gasteiger partial charge in [-0.15, -0.1) is 0 Å². The minimum atomic E-state index is -0.373. The Labute approximate surface area is 125 Å². The van der Waals surface area contributed by atoms with Gasteiger partial charge < -0.3 is 4.90 Å². The maximum absolute atomic E-state index is 9.39. The summed E-state index contributed by atoms with van der Waals surface area (Å²) in [4.78, 5) is 2.67. The molecule has 0 aromatic rings. The van der Waals surface area contributed by atoms with Crippen molar-refractivity contribution in [1.29, 1.82) is 5.26 Å². The van der Waals surface area contributed by atoms with Gasteiger partial charge in [0, 0.05) is 12.1 Å². The van der Waals surface area contributed by atoms with Crippen LogP contribution in [0.3, 0.4) is 0 Å². The molecule has 0 bridgehead atoms. The Kier molecular flexibility index (Phi) is 7.55. The lowest BCUT2D eigenvalue weighted by Gasteiger charge is -2.31. The minimum absolute atomic E-state index is 0.362. The van der Waals surface area contributed by atoms with Gasteiger partial charge in [-0.1, -0.05) is 19.8 Å². The van der Waals surface area contributed by atoms with Crippen LogP contribution in [0.15, 0.2) is 0 Å². The predicted molar refractivity (Wildman–Crippen MR) is 85.6 cm³/mol. The van der Waals surface area contributed by atoms with Crippen LogP contribution in [-0.2, 0) is 0 Å². The van der Waals surface area contributed by atoms with Crippen molar-refractivity contribution < 1.29 is 0 Å². The number of nitriles is 1. The van der Waals surface area contributed by atoms with Gasteiger partial charge in [0.1, 0.15) is 5.54 Å². The second-order valence-electron chi connectivity index (χ2n) is 6.79. The monoisotopic (exact) mass is 279 g/mol. The Hall–Kier alpha value is -0.590. The predicted octanol–water partition coefficient (Wildman–Crippen LogP) is 3.70. The van der Waals surface area contributed by atoms with E-state index in [0.717, 1.165) is 25.4 Å². The highest BCUT2D eigenvalue weighted by Crippen LogP contribution is 2.21. The summed E-state index contributed by atoms with van der Waals surface area (Å²) in [5.74, 6) is 0. The van der Waals surface area contributed by atoms with Gasteiger partial charge in [-0.2, -0.15) is 5.26 Å². The first-order valence-corrected chi connectivity index (χ1v) is 8.43. The van der Waals surface area contributed by atoms with Gasteiger partial charge in [-0.3, -0.25) is 5.32 Å². The van der Waals surface area contributed by atoms with Crippen molar-refractivity contribution in [1.82, 2.24) is 10.2 Å². The van der Waals surface area contributed by atoms with Gasteiger partial charge in [0.15, 0.2) is 0 Å². The van der Waals surface area contributed by atoms with Crippen LogP contribution in [0.1, 0.15) is 72.6 Å². The molecule has 1 aliphatic rings. The molecule has 1 N–H and O–H groups in total. The van der Waals surface area contributed by atoms with E-state index in [1.54, 1.807) is 0 Å². The van der Waals surface area contributed by atoms with E-state index in [4.69, 9.17) is 0 Å². The van der Waals surface area contributed by atoms with Crippen molar-refractivity contribution in [3.8, 4) is 6.07 Å². The van der Waals surface area contributed by atoms with Crippen molar-refractivity contribution in [3.63, 3.8) is 0 Å². The number of likely N-dealkylation sites (tertiary alicyclic amines) is 1. The molecule has 1 heterocycles. The van der Waals surface area contributed by atoms with Crippen molar-refractivity contribution in [3.05, 3.63) is 0 Å². The maximum atomic E-state index is 9.39. The summed E-state index contributed by atoms with van der Waals surface area (Å²) in [5.41, 5.74) is -0.373. The van der Waals surface area contributed by atoms with Crippen LogP contribution in [0.4, 0.5) is 0 Å². The molecule has 0 aliphatic carbocycles. The molecule has 0 saturated carbocycles. The molecule has 2 atom stereocenters. The van der Waals surface area contributed by atoms with Crippen LogP contribution in [0.25, 0.3) is 0 Å². The smallest absolute Gasteiger partial charge is 0.104 e. The highest BCUT2D eigenvalue weighted by molar-refractivity contribution is 5.04. The molecule has 0 radical (unpaired) electrons. The van der Waals surface area contributed by atoms with E-state index in [1.165, 1.54) is 38.6 Å². The number of hydrogen-bond acceptors (Lipinski definition) is 3. The van der Waals surface area contributed by atoms with E-state index >= 15 is 0 Å². The maximum Gasteiger partial charge on any atom is 0.104 e. The molecule has 0 spiro atoms. The standard InChI is InChI=1S/C17H33N3/c1-5-16-10-7-6-8-12-20(16)13-9-11-17(4,14-18)19-15(2)3/h15-16,19H,5-13H2,1-4H3. The third-order valence-electron chi connectivity index (χ3n) is 4.45. The number of rotatable bonds is 7. The Morgan fingerprint density at radius 1 is 1.35 bits per heavy atom. The van der Waals surface area contributed by atoms with Crippen LogP contribution in [0.5, 0.6) is 0 Å². The summed E-state index contributed by atoms with van der Waals surface area (Å²) in [5, 5.41) is 12.8. The van der Waals surface area contributed by atoms with Crippen LogP contribution in [0, 0.1) is 11.3 Å². The molecular formula is C17H33N3. The van der Waals surface area contributed by atoms with Gasteiger partial charge in [-0.05, 0) is 66.0 Å². The van der Waals surface area contributed by atoms with Gasteiger partial charge >= 0.3 is 0 Å². The Morgan fingerprint density at radius 2 is 2.10 bits per heavy atom. The van der Waals surface area contributed by atoms with Gasteiger partial charge in [0.25, 0.3) is 0 Å². The lowest BCUT2D eigenvalue weighted by atomic mass is 9.96. The third kappa shape index (κ3) is 5.81. The summed E-state index contributed by atoms with van der Waals surface area (Å²) in [7, 11) is 0. The fourth-order valence-electron chi connectivity index (χ4n) is 3.43.